The maximum atomic E-state index is 13.3. The third-order valence-electron chi connectivity index (χ3n) is 4.58. The smallest absolute Gasteiger partial charge is 0.260 e. The summed E-state index contributed by atoms with van der Waals surface area (Å²) in [6.07, 6.45) is 0.173. The second kappa shape index (κ2) is 9.84. The SMILES string of the molecule is CCOCOc1ccc(C(OC)(OC)C(=O)c2ccc(OCC3CO3)cc2)cc1. The summed E-state index contributed by atoms with van der Waals surface area (Å²) in [5.41, 5.74) is 1.00. The predicted octanol–water partition coefficient (Wildman–Crippen LogP) is 3.17. The lowest BCUT2D eigenvalue weighted by molar-refractivity contribution is -0.176. The lowest BCUT2D eigenvalue weighted by Gasteiger charge is -2.30. The number of Topliss-reactive ketones (excluding diaryl/α,β-unsaturated/α-hetero) is 1. The highest BCUT2D eigenvalue weighted by Gasteiger charge is 2.41. The average molecular weight is 402 g/mol. The number of epoxide rings is 1. The van der Waals surface area contributed by atoms with Crippen LogP contribution in [-0.4, -0.2) is 52.7 Å². The Balaban J connectivity index is 1.74. The third-order valence-corrected chi connectivity index (χ3v) is 4.58. The summed E-state index contributed by atoms with van der Waals surface area (Å²) >= 11 is 0. The molecule has 7 nitrogen and oxygen atoms in total. The van der Waals surface area contributed by atoms with Gasteiger partial charge in [0.25, 0.3) is 5.79 Å². The molecule has 0 radical (unpaired) electrons. The minimum atomic E-state index is -1.57. The summed E-state index contributed by atoms with van der Waals surface area (Å²) in [7, 11) is 2.88. The molecule has 7 heteroatoms. The van der Waals surface area contributed by atoms with Gasteiger partial charge >= 0.3 is 0 Å². The molecule has 1 aliphatic heterocycles. The van der Waals surface area contributed by atoms with Gasteiger partial charge in [0.05, 0.1) is 6.61 Å². The summed E-state index contributed by atoms with van der Waals surface area (Å²) in [5, 5.41) is 0. The normalized spacial score (nSPS) is 15.8. The molecule has 1 saturated heterocycles. The van der Waals surface area contributed by atoms with Crippen LogP contribution < -0.4 is 9.47 Å². The monoisotopic (exact) mass is 402 g/mol. The molecule has 0 amide bonds. The molecule has 2 aromatic carbocycles. The first-order valence-corrected chi connectivity index (χ1v) is 9.43. The van der Waals surface area contributed by atoms with Crippen molar-refractivity contribution in [2.75, 3.05) is 40.8 Å². The molecule has 0 spiro atoms. The van der Waals surface area contributed by atoms with Crippen molar-refractivity contribution in [1.82, 2.24) is 0 Å². The molecule has 1 aliphatic rings. The quantitative estimate of drug-likeness (QED) is 0.234. The minimum absolute atomic E-state index is 0.162. The Labute approximate surface area is 170 Å². The van der Waals surface area contributed by atoms with Crippen molar-refractivity contribution >= 4 is 5.78 Å². The highest BCUT2D eigenvalue weighted by atomic mass is 16.7. The van der Waals surface area contributed by atoms with Gasteiger partial charge in [-0.05, 0) is 55.5 Å². The van der Waals surface area contributed by atoms with E-state index in [1.807, 2.05) is 6.92 Å². The summed E-state index contributed by atoms with van der Waals surface area (Å²) < 4.78 is 32.5. The van der Waals surface area contributed by atoms with E-state index < -0.39 is 5.79 Å². The lowest BCUT2D eigenvalue weighted by atomic mass is 9.95. The number of hydrogen-bond acceptors (Lipinski definition) is 7. The molecular weight excluding hydrogens is 376 g/mol. The standard InChI is InChI=1S/C22H26O7/c1-4-26-15-29-19-11-7-17(8-12-19)22(24-2,25-3)21(23)16-5-9-18(10-6-16)27-13-20-14-28-20/h5-12,20H,4,13-15H2,1-3H3. The Hall–Kier alpha value is -2.45. The molecule has 1 atom stereocenters. The Morgan fingerprint density at radius 1 is 1.00 bits per heavy atom. The van der Waals surface area contributed by atoms with Gasteiger partial charge in [0.1, 0.15) is 24.2 Å². The number of carbonyl (C=O) groups excluding carboxylic acids is 1. The summed E-state index contributed by atoms with van der Waals surface area (Å²) in [6.45, 7) is 3.86. The second-order valence-electron chi connectivity index (χ2n) is 6.42. The number of methoxy groups -OCH3 is 2. The van der Waals surface area contributed by atoms with E-state index in [-0.39, 0.29) is 18.7 Å². The van der Waals surface area contributed by atoms with Crippen LogP contribution in [0.5, 0.6) is 11.5 Å². The second-order valence-corrected chi connectivity index (χ2v) is 6.42. The fourth-order valence-corrected chi connectivity index (χ4v) is 2.85. The topological polar surface area (TPSA) is 75.8 Å². The van der Waals surface area contributed by atoms with Crippen LogP contribution in [0.25, 0.3) is 0 Å². The van der Waals surface area contributed by atoms with Gasteiger partial charge in [0.15, 0.2) is 6.79 Å². The van der Waals surface area contributed by atoms with E-state index in [2.05, 4.69) is 0 Å². The highest BCUT2D eigenvalue weighted by Crippen LogP contribution is 2.32. The third kappa shape index (κ3) is 5.13. The molecule has 1 unspecified atom stereocenters. The fourth-order valence-electron chi connectivity index (χ4n) is 2.85. The van der Waals surface area contributed by atoms with E-state index in [4.69, 9.17) is 28.4 Å². The van der Waals surface area contributed by atoms with Crippen LogP contribution in [0.3, 0.4) is 0 Å². The van der Waals surface area contributed by atoms with Gasteiger partial charge < -0.3 is 28.4 Å². The molecule has 0 aromatic heterocycles. The maximum absolute atomic E-state index is 13.3. The predicted molar refractivity (Wildman–Crippen MR) is 105 cm³/mol. The van der Waals surface area contributed by atoms with Gasteiger partial charge in [-0.1, -0.05) is 0 Å². The summed E-state index contributed by atoms with van der Waals surface area (Å²) in [4.78, 5) is 13.3. The van der Waals surface area contributed by atoms with E-state index in [0.29, 0.717) is 35.8 Å². The van der Waals surface area contributed by atoms with Crippen molar-refractivity contribution in [1.29, 1.82) is 0 Å². The van der Waals surface area contributed by atoms with Gasteiger partial charge in [0.2, 0.25) is 5.78 Å². The molecule has 0 aliphatic carbocycles. The molecule has 156 valence electrons. The van der Waals surface area contributed by atoms with Crippen LogP contribution in [0, 0.1) is 0 Å². The van der Waals surface area contributed by atoms with Crippen LogP contribution in [0.2, 0.25) is 0 Å². The van der Waals surface area contributed by atoms with E-state index >= 15 is 0 Å². The zero-order chi connectivity index (χ0) is 20.7. The van der Waals surface area contributed by atoms with Crippen molar-refractivity contribution in [2.24, 2.45) is 0 Å². The molecule has 29 heavy (non-hydrogen) atoms. The minimum Gasteiger partial charge on any atom is -0.491 e. The Kier molecular flexibility index (Phi) is 7.22. The number of carbonyl (C=O) groups is 1. The van der Waals surface area contributed by atoms with Crippen molar-refractivity contribution in [3.8, 4) is 11.5 Å². The van der Waals surface area contributed by atoms with Gasteiger partial charge in [-0.15, -0.1) is 0 Å². The van der Waals surface area contributed by atoms with Crippen molar-refractivity contribution in [3.05, 3.63) is 59.7 Å². The van der Waals surface area contributed by atoms with Gasteiger partial charge in [-0.2, -0.15) is 0 Å². The number of ketones is 1. The van der Waals surface area contributed by atoms with Gasteiger partial charge in [0, 0.05) is 32.0 Å². The number of hydrogen-bond donors (Lipinski definition) is 0. The van der Waals surface area contributed by atoms with Crippen LogP contribution >= 0.6 is 0 Å². The molecule has 2 aromatic rings. The van der Waals surface area contributed by atoms with Crippen molar-refractivity contribution in [3.63, 3.8) is 0 Å². The van der Waals surface area contributed by atoms with Gasteiger partial charge in [-0.25, -0.2) is 0 Å². The maximum Gasteiger partial charge on any atom is 0.260 e. The van der Waals surface area contributed by atoms with Crippen LogP contribution in [0.1, 0.15) is 22.8 Å². The largest absolute Gasteiger partial charge is 0.491 e. The van der Waals surface area contributed by atoms with E-state index in [1.165, 1.54) is 14.2 Å². The Morgan fingerprint density at radius 2 is 1.59 bits per heavy atom. The molecular formula is C22H26O7. The average Bonchev–Trinajstić information content (AvgIpc) is 3.59. The molecule has 1 fully saturated rings. The zero-order valence-electron chi connectivity index (χ0n) is 16.9. The first-order chi connectivity index (χ1) is 14.1. The highest BCUT2D eigenvalue weighted by molar-refractivity contribution is 6.02. The fraction of sp³-hybridized carbons (Fsp3) is 0.409. The Morgan fingerprint density at radius 3 is 2.14 bits per heavy atom. The van der Waals surface area contributed by atoms with Crippen molar-refractivity contribution in [2.45, 2.75) is 18.8 Å². The van der Waals surface area contributed by atoms with Crippen LogP contribution in [-0.2, 0) is 24.7 Å². The van der Waals surface area contributed by atoms with E-state index in [9.17, 15) is 4.79 Å². The molecule has 0 saturated carbocycles. The van der Waals surface area contributed by atoms with Crippen LogP contribution in [0.15, 0.2) is 48.5 Å². The van der Waals surface area contributed by atoms with E-state index in [1.54, 1.807) is 48.5 Å². The van der Waals surface area contributed by atoms with E-state index in [0.717, 1.165) is 6.61 Å². The summed E-state index contributed by atoms with van der Waals surface area (Å²) in [5.74, 6) is -0.587. The van der Waals surface area contributed by atoms with Gasteiger partial charge in [-0.3, -0.25) is 4.79 Å². The zero-order valence-corrected chi connectivity index (χ0v) is 16.9. The molecule has 0 N–H and O–H groups in total. The lowest BCUT2D eigenvalue weighted by Crippen LogP contribution is -2.40. The Bertz CT molecular complexity index is 778. The first kappa shape index (κ1) is 21.3. The first-order valence-electron chi connectivity index (χ1n) is 9.43. The molecule has 0 bridgehead atoms. The van der Waals surface area contributed by atoms with Crippen LogP contribution in [0.4, 0.5) is 0 Å². The number of benzene rings is 2. The van der Waals surface area contributed by atoms with Crippen molar-refractivity contribution < 1.29 is 33.2 Å². The molecule has 3 rings (SSSR count). The number of ether oxygens (including phenoxy) is 6. The summed E-state index contributed by atoms with van der Waals surface area (Å²) in [6, 6.07) is 13.8. The number of rotatable bonds is 12. The molecule has 1 heterocycles.